The van der Waals surface area contributed by atoms with Gasteiger partial charge in [-0.05, 0) is 18.3 Å². The van der Waals surface area contributed by atoms with Gasteiger partial charge in [-0.2, -0.15) is 0 Å². The fourth-order valence-corrected chi connectivity index (χ4v) is 1.49. The number of ether oxygens (including phenoxy) is 1. The second-order valence-corrected chi connectivity index (χ2v) is 3.73. The summed E-state index contributed by atoms with van der Waals surface area (Å²) in [5.41, 5.74) is 0. The van der Waals surface area contributed by atoms with Crippen LogP contribution in [-0.4, -0.2) is 18.5 Å². The molecule has 0 aromatic rings. The van der Waals surface area contributed by atoms with E-state index in [1.807, 2.05) is 0 Å². The minimum Gasteiger partial charge on any atom is -0.367 e. The van der Waals surface area contributed by atoms with E-state index in [-0.39, 0.29) is 6.10 Å². The third kappa shape index (κ3) is 1.80. The van der Waals surface area contributed by atoms with Crippen LogP contribution in [0.25, 0.3) is 0 Å². The molecule has 0 aromatic carbocycles. The molecule has 1 aliphatic rings. The highest BCUT2D eigenvalue weighted by atomic mass is 16.5. The van der Waals surface area contributed by atoms with Crippen molar-refractivity contribution >= 4 is 6.29 Å². The number of aldehydes is 1. The van der Waals surface area contributed by atoms with Crippen molar-refractivity contribution in [3.05, 3.63) is 0 Å². The molecule has 0 spiro atoms. The fraction of sp³-hybridized carbons (Fsp3) is 0.889. The van der Waals surface area contributed by atoms with E-state index in [4.69, 9.17) is 4.74 Å². The van der Waals surface area contributed by atoms with E-state index in [2.05, 4.69) is 20.8 Å². The lowest BCUT2D eigenvalue weighted by Crippen LogP contribution is -2.18. The quantitative estimate of drug-likeness (QED) is 0.568. The summed E-state index contributed by atoms with van der Waals surface area (Å²) in [5.74, 6) is 0.933. The summed E-state index contributed by atoms with van der Waals surface area (Å²) in [7, 11) is 0. The number of rotatable bonds is 2. The smallest absolute Gasteiger partial charge is 0.149 e. The molecule has 0 N–H and O–H groups in total. The Morgan fingerprint density at radius 2 is 2.18 bits per heavy atom. The molecule has 0 amide bonds. The standard InChI is InChI=1S/C9H16O2/c1-6(2)8-4-7(3)9(5-10)11-8/h5-9H,4H2,1-3H3/t7-,8+,9-/m1/s1. The molecular weight excluding hydrogens is 140 g/mol. The van der Waals surface area contributed by atoms with Crippen molar-refractivity contribution in [3.63, 3.8) is 0 Å². The summed E-state index contributed by atoms with van der Waals surface area (Å²) in [5, 5.41) is 0. The van der Waals surface area contributed by atoms with Gasteiger partial charge in [0.1, 0.15) is 12.4 Å². The lowest BCUT2D eigenvalue weighted by Gasteiger charge is -2.13. The number of carbonyl (C=O) groups is 1. The zero-order valence-electron chi connectivity index (χ0n) is 7.41. The number of hydrogen-bond acceptors (Lipinski definition) is 2. The predicted octanol–water partition coefficient (Wildman–Crippen LogP) is 1.63. The van der Waals surface area contributed by atoms with Crippen molar-refractivity contribution in [2.75, 3.05) is 0 Å². The maximum Gasteiger partial charge on any atom is 0.149 e. The molecule has 1 saturated heterocycles. The summed E-state index contributed by atoms with van der Waals surface area (Å²) in [6.07, 6.45) is 2.09. The Morgan fingerprint density at radius 1 is 1.55 bits per heavy atom. The van der Waals surface area contributed by atoms with Gasteiger partial charge in [0.2, 0.25) is 0 Å². The molecule has 1 heterocycles. The molecule has 2 heteroatoms. The van der Waals surface area contributed by atoms with Gasteiger partial charge in [-0.3, -0.25) is 0 Å². The molecule has 3 atom stereocenters. The molecule has 2 nitrogen and oxygen atoms in total. The Bertz CT molecular complexity index is 142. The SMILES string of the molecule is CC(C)[C@@H]1C[C@@H](C)[C@@H](C=O)O1. The van der Waals surface area contributed by atoms with Crippen LogP contribution in [0.15, 0.2) is 0 Å². The highest BCUT2D eigenvalue weighted by Gasteiger charge is 2.33. The Labute approximate surface area is 67.9 Å². The highest BCUT2D eigenvalue weighted by Crippen LogP contribution is 2.28. The molecule has 64 valence electrons. The average Bonchev–Trinajstić information content (AvgIpc) is 2.31. The van der Waals surface area contributed by atoms with Crippen LogP contribution in [-0.2, 0) is 9.53 Å². The number of carbonyl (C=O) groups excluding carboxylic acids is 1. The summed E-state index contributed by atoms with van der Waals surface area (Å²) in [6, 6.07) is 0. The first kappa shape index (κ1) is 8.72. The van der Waals surface area contributed by atoms with E-state index in [1.165, 1.54) is 0 Å². The van der Waals surface area contributed by atoms with Crippen LogP contribution in [0.2, 0.25) is 0 Å². The minimum absolute atomic E-state index is 0.151. The third-order valence-electron chi connectivity index (χ3n) is 2.37. The Balaban J connectivity index is 2.49. The van der Waals surface area contributed by atoms with Crippen molar-refractivity contribution in [3.8, 4) is 0 Å². The molecule has 1 fully saturated rings. The van der Waals surface area contributed by atoms with Gasteiger partial charge in [-0.25, -0.2) is 0 Å². The van der Waals surface area contributed by atoms with Crippen LogP contribution in [0.3, 0.4) is 0 Å². The van der Waals surface area contributed by atoms with E-state index >= 15 is 0 Å². The van der Waals surface area contributed by atoms with Crippen LogP contribution in [0.4, 0.5) is 0 Å². The van der Waals surface area contributed by atoms with E-state index in [1.54, 1.807) is 0 Å². The Morgan fingerprint density at radius 3 is 2.45 bits per heavy atom. The van der Waals surface area contributed by atoms with Gasteiger partial charge in [0, 0.05) is 0 Å². The fourth-order valence-electron chi connectivity index (χ4n) is 1.49. The van der Waals surface area contributed by atoms with Crippen LogP contribution in [0, 0.1) is 11.8 Å². The Kier molecular flexibility index (Phi) is 2.66. The molecule has 0 unspecified atom stereocenters. The molecule has 0 saturated carbocycles. The summed E-state index contributed by atoms with van der Waals surface area (Å²) >= 11 is 0. The predicted molar refractivity (Wildman–Crippen MR) is 43.3 cm³/mol. The third-order valence-corrected chi connectivity index (χ3v) is 2.37. The van der Waals surface area contributed by atoms with Gasteiger partial charge in [-0.15, -0.1) is 0 Å². The first-order chi connectivity index (χ1) is 5.15. The second kappa shape index (κ2) is 3.35. The van der Waals surface area contributed by atoms with Crippen LogP contribution in [0.1, 0.15) is 27.2 Å². The van der Waals surface area contributed by atoms with Crippen molar-refractivity contribution < 1.29 is 9.53 Å². The topological polar surface area (TPSA) is 26.3 Å². The zero-order chi connectivity index (χ0) is 8.43. The monoisotopic (exact) mass is 156 g/mol. The van der Waals surface area contributed by atoms with Crippen molar-refractivity contribution in [1.82, 2.24) is 0 Å². The average molecular weight is 156 g/mol. The summed E-state index contributed by atoms with van der Waals surface area (Å²) in [6.45, 7) is 6.33. The van der Waals surface area contributed by atoms with Gasteiger partial charge >= 0.3 is 0 Å². The molecule has 0 aromatic heterocycles. The minimum atomic E-state index is -0.151. The molecule has 1 rings (SSSR count). The maximum atomic E-state index is 10.5. The first-order valence-electron chi connectivity index (χ1n) is 4.26. The van der Waals surface area contributed by atoms with Crippen molar-refractivity contribution in [2.45, 2.75) is 39.4 Å². The second-order valence-electron chi connectivity index (χ2n) is 3.73. The molecule has 1 aliphatic heterocycles. The molecular formula is C9H16O2. The molecule has 11 heavy (non-hydrogen) atoms. The molecule has 0 aliphatic carbocycles. The van der Waals surface area contributed by atoms with Gasteiger partial charge in [0.25, 0.3) is 0 Å². The van der Waals surface area contributed by atoms with Gasteiger partial charge in [0.05, 0.1) is 6.10 Å². The van der Waals surface area contributed by atoms with Crippen molar-refractivity contribution in [1.29, 1.82) is 0 Å². The largest absolute Gasteiger partial charge is 0.367 e. The van der Waals surface area contributed by atoms with E-state index in [9.17, 15) is 4.79 Å². The molecule has 0 radical (unpaired) electrons. The van der Waals surface area contributed by atoms with Gasteiger partial charge in [0.15, 0.2) is 0 Å². The first-order valence-corrected chi connectivity index (χ1v) is 4.26. The zero-order valence-corrected chi connectivity index (χ0v) is 7.41. The maximum absolute atomic E-state index is 10.5. The summed E-state index contributed by atoms with van der Waals surface area (Å²) in [4.78, 5) is 10.5. The summed E-state index contributed by atoms with van der Waals surface area (Å²) < 4.78 is 5.52. The normalized spacial score (nSPS) is 38.0. The van der Waals surface area contributed by atoms with Gasteiger partial charge in [-0.1, -0.05) is 20.8 Å². The lowest BCUT2D eigenvalue weighted by atomic mass is 9.97. The van der Waals surface area contributed by atoms with Crippen LogP contribution >= 0.6 is 0 Å². The van der Waals surface area contributed by atoms with Crippen LogP contribution < -0.4 is 0 Å². The Hall–Kier alpha value is -0.370. The van der Waals surface area contributed by atoms with Crippen LogP contribution in [0.5, 0.6) is 0 Å². The number of hydrogen-bond donors (Lipinski definition) is 0. The van der Waals surface area contributed by atoms with Gasteiger partial charge < -0.3 is 9.53 Å². The van der Waals surface area contributed by atoms with E-state index in [0.29, 0.717) is 17.9 Å². The van der Waals surface area contributed by atoms with E-state index in [0.717, 1.165) is 12.7 Å². The molecule has 0 bridgehead atoms. The van der Waals surface area contributed by atoms with E-state index < -0.39 is 0 Å². The highest BCUT2D eigenvalue weighted by molar-refractivity contribution is 5.57. The lowest BCUT2D eigenvalue weighted by molar-refractivity contribution is -0.119. The van der Waals surface area contributed by atoms with Crippen molar-refractivity contribution in [2.24, 2.45) is 11.8 Å².